The number of aromatic nitrogens is 2. The summed E-state index contributed by atoms with van der Waals surface area (Å²) in [5.74, 6) is 1.04. The smallest absolute Gasteiger partial charge is 0.220 e. The van der Waals surface area contributed by atoms with Gasteiger partial charge in [-0.3, -0.25) is 4.79 Å². The molecule has 1 aromatic heterocycles. The lowest BCUT2D eigenvalue weighted by atomic mass is 10.1. The summed E-state index contributed by atoms with van der Waals surface area (Å²) in [5, 5.41) is 2.95. The van der Waals surface area contributed by atoms with Gasteiger partial charge in [-0.15, -0.1) is 11.6 Å². The number of nitrogens with zero attached hydrogens (tertiary/aromatic N) is 1. The highest BCUT2D eigenvalue weighted by molar-refractivity contribution is 6.21. The van der Waals surface area contributed by atoms with Gasteiger partial charge in [0.15, 0.2) is 0 Å². The minimum absolute atomic E-state index is 0.0351. The molecular weight excluding hydrogens is 377 g/mol. The van der Waals surface area contributed by atoms with Crippen molar-refractivity contribution < 1.29 is 9.18 Å². The fourth-order valence-electron chi connectivity index (χ4n) is 3.41. The van der Waals surface area contributed by atoms with Gasteiger partial charge in [0, 0.05) is 6.42 Å². The molecule has 1 saturated carbocycles. The van der Waals surface area contributed by atoms with Gasteiger partial charge in [-0.2, -0.15) is 0 Å². The average molecular weight is 400 g/mol. The second-order valence-electron chi connectivity index (χ2n) is 7.46. The number of carbonyl (C=O) groups excluding carboxylic acids is 1. The zero-order valence-electron chi connectivity index (χ0n) is 15.6. The zero-order valence-corrected chi connectivity index (χ0v) is 16.3. The summed E-state index contributed by atoms with van der Waals surface area (Å²) in [6, 6.07) is 12.6. The molecule has 0 aliphatic heterocycles. The zero-order chi connectivity index (χ0) is 19.5. The van der Waals surface area contributed by atoms with E-state index in [1.54, 1.807) is 6.07 Å². The van der Waals surface area contributed by atoms with Gasteiger partial charge in [0.2, 0.25) is 5.91 Å². The Bertz CT molecular complexity index is 983. The van der Waals surface area contributed by atoms with Crippen LogP contribution in [0.5, 0.6) is 0 Å². The number of alkyl halides is 1. The van der Waals surface area contributed by atoms with Crippen molar-refractivity contribution in [3.63, 3.8) is 0 Å². The number of rotatable bonds is 8. The third-order valence-corrected chi connectivity index (χ3v) is 5.73. The largest absolute Gasteiger partial charge is 0.349 e. The van der Waals surface area contributed by atoms with E-state index in [9.17, 15) is 9.18 Å². The van der Waals surface area contributed by atoms with Crippen LogP contribution in [0.15, 0.2) is 42.5 Å². The molecule has 1 atom stereocenters. The van der Waals surface area contributed by atoms with E-state index in [2.05, 4.69) is 21.4 Å². The topological polar surface area (TPSA) is 57.8 Å². The molecule has 2 N–H and O–H groups in total. The first-order valence-electron chi connectivity index (χ1n) is 9.72. The van der Waals surface area contributed by atoms with Gasteiger partial charge in [0.1, 0.15) is 11.6 Å². The molecular formula is C22H23ClFN3O. The van der Waals surface area contributed by atoms with Gasteiger partial charge >= 0.3 is 0 Å². The molecule has 0 spiro atoms. The molecule has 146 valence electrons. The number of amides is 1. The summed E-state index contributed by atoms with van der Waals surface area (Å²) >= 11 is 6.50. The van der Waals surface area contributed by atoms with Crippen LogP contribution in [0.25, 0.3) is 11.0 Å². The van der Waals surface area contributed by atoms with E-state index in [1.165, 1.54) is 25.0 Å². The van der Waals surface area contributed by atoms with Crippen LogP contribution in [0.3, 0.4) is 0 Å². The Morgan fingerprint density at radius 2 is 2.14 bits per heavy atom. The molecule has 0 saturated heterocycles. The van der Waals surface area contributed by atoms with Crippen molar-refractivity contribution in [1.82, 2.24) is 15.3 Å². The van der Waals surface area contributed by atoms with Crippen LogP contribution in [-0.4, -0.2) is 15.9 Å². The summed E-state index contributed by atoms with van der Waals surface area (Å²) in [4.78, 5) is 19.9. The van der Waals surface area contributed by atoms with E-state index in [1.807, 2.05) is 18.2 Å². The molecule has 3 aromatic rings. The van der Waals surface area contributed by atoms with E-state index in [4.69, 9.17) is 11.6 Å². The maximum Gasteiger partial charge on any atom is 0.220 e. The van der Waals surface area contributed by atoms with Crippen LogP contribution in [0.1, 0.15) is 48.0 Å². The molecule has 1 amide bonds. The van der Waals surface area contributed by atoms with Crippen molar-refractivity contribution in [1.29, 1.82) is 0 Å². The minimum atomic E-state index is -0.243. The van der Waals surface area contributed by atoms with E-state index in [0.29, 0.717) is 31.7 Å². The first kappa shape index (κ1) is 18.9. The Hall–Kier alpha value is -2.40. The Morgan fingerprint density at radius 3 is 2.93 bits per heavy atom. The monoisotopic (exact) mass is 399 g/mol. The predicted octanol–water partition coefficient (Wildman–Crippen LogP) is 5.03. The molecule has 6 heteroatoms. The molecule has 1 fully saturated rings. The molecule has 1 aliphatic carbocycles. The number of benzene rings is 2. The van der Waals surface area contributed by atoms with Crippen LogP contribution >= 0.6 is 11.6 Å². The van der Waals surface area contributed by atoms with E-state index in [0.717, 1.165) is 28.0 Å². The Labute approximate surface area is 168 Å². The number of aromatic amines is 1. The molecule has 2 aromatic carbocycles. The number of carbonyl (C=O) groups is 1. The summed E-state index contributed by atoms with van der Waals surface area (Å²) < 4.78 is 13.2. The second kappa shape index (κ2) is 8.31. The SMILES string of the molecule is O=C(CCCc1cccc(F)c1)NCc1nc2ccc(C(Cl)C3CC3)cc2[nH]1. The fraction of sp³-hybridized carbons (Fsp3) is 0.364. The van der Waals surface area contributed by atoms with Gasteiger partial charge < -0.3 is 10.3 Å². The van der Waals surface area contributed by atoms with Gasteiger partial charge in [-0.1, -0.05) is 18.2 Å². The average Bonchev–Trinajstić information content (AvgIpc) is 3.45. The van der Waals surface area contributed by atoms with Crippen molar-refractivity contribution in [3.05, 3.63) is 65.2 Å². The van der Waals surface area contributed by atoms with Crippen molar-refractivity contribution in [2.24, 2.45) is 5.92 Å². The van der Waals surface area contributed by atoms with E-state index >= 15 is 0 Å². The van der Waals surface area contributed by atoms with Crippen molar-refractivity contribution in [2.75, 3.05) is 0 Å². The van der Waals surface area contributed by atoms with Gasteiger partial charge in [-0.25, -0.2) is 9.37 Å². The molecule has 0 radical (unpaired) electrons. The molecule has 1 aliphatic rings. The number of nitrogens with one attached hydrogen (secondary N) is 2. The summed E-state index contributed by atoms with van der Waals surface area (Å²) in [6.45, 7) is 0.357. The molecule has 4 nitrogen and oxygen atoms in total. The van der Waals surface area contributed by atoms with Crippen LogP contribution in [-0.2, 0) is 17.8 Å². The maximum absolute atomic E-state index is 13.2. The molecule has 1 heterocycles. The number of hydrogen-bond donors (Lipinski definition) is 2. The first-order valence-corrected chi connectivity index (χ1v) is 10.2. The van der Waals surface area contributed by atoms with Crippen molar-refractivity contribution in [3.8, 4) is 0 Å². The van der Waals surface area contributed by atoms with Crippen LogP contribution in [0.4, 0.5) is 4.39 Å². The van der Waals surface area contributed by atoms with E-state index < -0.39 is 0 Å². The minimum Gasteiger partial charge on any atom is -0.349 e. The summed E-state index contributed by atoms with van der Waals surface area (Å²) in [6.07, 6.45) is 4.16. The predicted molar refractivity (Wildman–Crippen MR) is 109 cm³/mol. The lowest BCUT2D eigenvalue weighted by molar-refractivity contribution is -0.121. The van der Waals surface area contributed by atoms with Gasteiger partial charge in [0.25, 0.3) is 0 Å². The Morgan fingerprint density at radius 1 is 1.29 bits per heavy atom. The van der Waals surface area contributed by atoms with E-state index in [-0.39, 0.29) is 17.1 Å². The number of H-pyrrole nitrogens is 1. The highest BCUT2D eigenvalue weighted by Crippen LogP contribution is 2.45. The highest BCUT2D eigenvalue weighted by atomic mass is 35.5. The second-order valence-corrected chi connectivity index (χ2v) is 7.93. The lowest BCUT2D eigenvalue weighted by Crippen LogP contribution is -2.23. The van der Waals surface area contributed by atoms with Crippen LogP contribution in [0, 0.1) is 11.7 Å². The van der Waals surface area contributed by atoms with Crippen molar-refractivity contribution >= 4 is 28.5 Å². The quantitative estimate of drug-likeness (QED) is 0.522. The number of fused-ring (bicyclic) bond motifs is 1. The molecule has 1 unspecified atom stereocenters. The summed E-state index contributed by atoms with van der Waals surface area (Å²) in [5.41, 5.74) is 3.84. The van der Waals surface area contributed by atoms with Crippen LogP contribution < -0.4 is 5.32 Å². The van der Waals surface area contributed by atoms with Crippen LogP contribution in [0.2, 0.25) is 0 Å². The number of hydrogen-bond acceptors (Lipinski definition) is 2. The van der Waals surface area contributed by atoms with Crippen molar-refractivity contribution in [2.45, 2.75) is 44.0 Å². The maximum atomic E-state index is 13.2. The Balaban J connectivity index is 1.27. The third-order valence-electron chi connectivity index (χ3n) is 5.12. The number of aryl methyl sites for hydroxylation is 1. The van der Waals surface area contributed by atoms with Gasteiger partial charge in [0.05, 0.1) is 23.0 Å². The van der Waals surface area contributed by atoms with Gasteiger partial charge in [-0.05, 0) is 67.0 Å². The number of imidazole rings is 1. The molecule has 4 rings (SSSR count). The highest BCUT2D eigenvalue weighted by Gasteiger charge is 2.30. The first-order chi connectivity index (χ1) is 13.6. The molecule has 28 heavy (non-hydrogen) atoms. The lowest BCUT2D eigenvalue weighted by Gasteiger charge is -2.07. The third kappa shape index (κ3) is 4.71. The summed E-state index contributed by atoms with van der Waals surface area (Å²) in [7, 11) is 0. The molecule has 0 bridgehead atoms. The fourth-order valence-corrected chi connectivity index (χ4v) is 3.80. The standard InChI is InChI=1S/C22H23ClFN3O/c23-22(15-7-8-15)16-9-10-18-19(12-16)27-20(26-18)13-25-21(28)6-2-4-14-3-1-5-17(24)11-14/h1,3,5,9-12,15,22H,2,4,6-8,13H2,(H,25,28)(H,26,27). The Kier molecular flexibility index (Phi) is 5.62. The number of halogens is 2. The normalized spacial score (nSPS) is 14.9.